The van der Waals surface area contributed by atoms with Crippen LogP contribution in [-0.2, 0) is 10.0 Å². The molecule has 5 nitrogen and oxygen atoms in total. The van der Waals surface area contributed by atoms with Crippen LogP contribution in [0.4, 0.5) is 10.1 Å². The molecule has 0 aliphatic rings. The van der Waals surface area contributed by atoms with Crippen molar-refractivity contribution in [2.45, 2.75) is 11.8 Å². The van der Waals surface area contributed by atoms with Crippen LogP contribution in [0.2, 0.25) is 0 Å². The third-order valence-corrected chi connectivity index (χ3v) is 5.88. The molecule has 0 aliphatic heterocycles. The minimum Gasteiger partial charge on any atom is -0.322 e. The second kappa shape index (κ2) is 7.00. The van der Waals surface area contributed by atoms with E-state index in [1.54, 1.807) is 13.0 Å². The average Bonchev–Trinajstić information content (AvgIpc) is 2.48. The summed E-state index contributed by atoms with van der Waals surface area (Å²) in [6, 6.07) is 8.22. The molecule has 0 radical (unpaired) electrons. The fourth-order valence-corrected chi connectivity index (χ4v) is 3.43. The average molecular weight is 415 g/mol. The summed E-state index contributed by atoms with van der Waals surface area (Å²) in [4.78, 5) is 12.4. The Bertz CT molecular complexity index is 898. The van der Waals surface area contributed by atoms with Gasteiger partial charge in [-0.1, -0.05) is 6.07 Å². The van der Waals surface area contributed by atoms with Gasteiger partial charge in [0.1, 0.15) is 5.82 Å². The van der Waals surface area contributed by atoms with Gasteiger partial charge in [0, 0.05) is 24.3 Å². The van der Waals surface area contributed by atoms with Crippen LogP contribution in [0.15, 0.2) is 45.8 Å². The van der Waals surface area contributed by atoms with Gasteiger partial charge in [0.25, 0.3) is 5.91 Å². The van der Waals surface area contributed by atoms with Gasteiger partial charge >= 0.3 is 0 Å². The van der Waals surface area contributed by atoms with Crippen molar-refractivity contribution in [3.8, 4) is 0 Å². The van der Waals surface area contributed by atoms with Gasteiger partial charge in [0.15, 0.2) is 0 Å². The molecular formula is C16H16BrFN2O3S. The number of amides is 1. The Balaban J connectivity index is 2.37. The predicted molar refractivity (Wildman–Crippen MR) is 94.1 cm³/mol. The molecule has 0 saturated heterocycles. The van der Waals surface area contributed by atoms with E-state index in [0.29, 0.717) is 15.7 Å². The molecule has 24 heavy (non-hydrogen) atoms. The lowest BCUT2D eigenvalue weighted by molar-refractivity contribution is 0.102. The molecule has 0 saturated carbocycles. The fourth-order valence-electron chi connectivity index (χ4n) is 1.97. The predicted octanol–water partition coefficient (Wildman–Crippen LogP) is 3.40. The summed E-state index contributed by atoms with van der Waals surface area (Å²) in [5, 5.41) is 2.66. The first-order valence-electron chi connectivity index (χ1n) is 6.92. The quantitative estimate of drug-likeness (QED) is 0.833. The standard InChI is InChI=1S/C16H16BrFN2O3S/c1-10-4-6-12(24(22,23)20(2)3)9-15(10)19-16(21)13-7-5-11(18)8-14(13)17/h4-9H,1-3H3,(H,19,21). The van der Waals surface area contributed by atoms with Crippen molar-refractivity contribution in [2.75, 3.05) is 19.4 Å². The number of rotatable bonds is 4. The van der Waals surface area contributed by atoms with Crippen LogP contribution in [0, 0.1) is 12.7 Å². The first-order chi connectivity index (χ1) is 11.1. The molecule has 0 spiro atoms. The molecule has 0 atom stereocenters. The van der Waals surface area contributed by atoms with E-state index in [0.717, 1.165) is 4.31 Å². The summed E-state index contributed by atoms with van der Waals surface area (Å²) in [7, 11) is -0.740. The number of nitrogens with zero attached hydrogens (tertiary/aromatic N) is 1. The first kappa shape index (κ1) is 18.6. The molecule has 0 unspecified atom stereocenters. The van der Waals surface area contributed by atoms with Crippen molar-refractivity contribution in [3.63, 3.8) is 0 Å². The van der Waals surface area contributed by atoms with Crippen LogP contribution < -0.4 is 5.32 Å². The van der Waals surface area contributed by atoms with Crippen molar-refractivity contribution in [2.24, 2.45) is 0 Å². The van der Waals surface area contributed by atoms with Crippen LogP contribution >= 0.6 is 15.9 Å². The van der Waals surface area contributed by atoms with Gasteiger partial charge in [0.05, 0.1) is 10.5 Å². The van der Waals surface area contributed by atoms with Crippen molar-refractivity contribution in [1.82, 2.24) is 4.31 Å². The number of halogens is 2. The van der Waals surface area contributed by atoms with Gasteiger partial charge in [0.2, 0.25) is 10.0 Å². The van der Waals surface area contributed by atoms with Crippen LogP contribution in [0.5, 0.6) is 0 Å². The van der Waals surface area contributed by atoms with Crippen molar-refractivity contribution in [1.29, 1.82) is 0 Å². The van der Waals surface area contributed by atoms with Crippen molar-refractivity contribution < 1.29 is 17.6 Å². The molecule has 0 bridgehead atoms. The summed E-state index contributed by atoms with van der Waals surface area (Å²) in [6.45, 7) is 1.75. The highest BCUT2D eigenvalue weighted by Gasteiger charge is 2.19. The lowest BCUT2D eigenvalue weighted by Gasteiger charge is -2.14. The number of nitrogens with one attached hydrogen (secondary N) is 1. The van der Waals surface area contributed by atoms with Crippen molar-refractivity contribution >= 4 is 37.5 Å². The molecule has 1 N–H and O–H groups in total. The van der Waals surface area contributed by atoms with Crippen LogP contribution in [0.25, 0.3) is 0 Å². The SMILES string of the molecule is Cc1ccc(S(=O)(=O)N(C)C)cc1NC(=O)c1ccc(F)cc1Br. The maximum absolute atomic E-state index is 13.1. The summed E-state index contributed by atoms with van der Waals surface area (Å²) < 4.78 is 39.0. The minimum absolute atomic E-state index is 0.0755. The molecule has 8 heteroatoms. The number of anilines is 1. The molecule has 0 fully saturated rings. The maximum Gasteiger partial charge on any atom is 0.256 e. The Hall–Kier alpha value is -1.77. The van der Waals surface area contributed by atoms with Gasteiger partial charge in [-0.15, -0.1) is 0 Å². The molecule has 0 aliphatic carbocycles. The number of benzene rings is 2. The summed E-state index contributed by atoms with van der Waals surface area (Å²) in [5.41, 5.74) is 1.33. The van der Waals surface area contributed by atoms with Crippen LogP contribution in [0.3, 0.4) is 0 Å². The topological polar surface area (TPSA) is 66.5 Å². The Morgan fingerprint density at radius 2 is 1.83 bits per heavy atom. The summed E-state index contributed by atoms with van der Waals surface area (Å²) >= 11 is 3.14. The summed E-state index contributed by atoms with van der Waals surface area (Å²) in [6.07, 6.45) is 0. The largest absolute Gasteiger partial charge is 0.322 e. The van der Waals surface area contributed by atoms with Gasteiger partial charge in [-0.05, 0) is 58.7 Å². The fraction of sp³-hybridized carbons (Fsp3) is 0.188. The summed E-state index contributed by atoms with van der Waals surface area (Å²) in [5.74, 6) is -0.932. The van der Waals surface area contributed by atoms with E-state index in [2.05, 4.69) is 21.2 Å². The number of carbonyl (C=O) groups is 1. The third kappa shape index (κ3) is 3.82. The molecule has 0 heterocycles. The molecule has 2 rings (SSSR count). The Labute approximate surface area is 148 Å². The lowest BCUT2D eigenvalue weighted by atomic mass is 10.1. The zero-order valence-corrected chi connectivity index (χ0v) is 15.7. The van der Waals surface area contributed by atoms with E-state index in [9.17, 15) is 17.6 Å². The second-order valence-corrected chi connectivity index (χ2v) is 8.35. The van der Waals surface area contributed by atoms with Gasteiger partial charge < -0.3 is 5.32 Å². The zero-order chi connectivity index (χ0) is 18.1. The lowest BCUT2D eigenvalue weighted by Crippen LogP contribution is -2.22. The number of sulfonamides is 1. The Morgan fingerprint density at radius 1 is 1.17 bits per heavy atom. The van der Waals surface area contributed by atoms with E-state index in [4.69, 9.17) is 0 Å². The maximum atomic E-state index is 13.1. The number of carbonyl (C=O) groups excluding carboxylic acids is 1. The molecule has 2 aromatic rings. The minimum atomic E-state index is -3.61. The Morgan fingerprint density at radius 3 is 2.42 bits per heavy atom. The van der Waals surface area contributed by atoms with Crippen LogP contribution in [0.1, 0.15) is 15.9 Å². The van der Waals surface area contributed by atoms with E-state index < -0.39 is 21.7 Å². The first-order valence-corrected chi connectivity index (χ1v) is 9.16. The van der Waals surface area contributed by atoms with E-state index in [-0.39, 0.29) is 10.5 Å². The van der Waals surface area contributed by atoms with E-state index >= 15 is 0 Å². The van der Waals surface area contributed by atoms with E-state index in [1.165, 1.54) is 44.4 Å². The highest BCUT2D eigenvalue weighted by atomic mass is 79.9. The van der Waals surface area contributed by atoms with Gasteiger partial charge in [-0.2, -0.15) is 0 Å². The van der Waals surface area contributed by atoms with Gasteiger partial charge in [-0.25, -0.2) is 17.1 Å². The second-order valence-electron chi connectivity index (χ2n) is 5.34. The highest BCUT2D eigenvalue weighted by molar-refractivity contribution is 9.10. The zero-order valence-electron chi connectivity index (χ0n) is 13.3. The normalized spacial score (nSPS) is 11.6. The number of hydrogen-bond acceptors (Lipinski definition) is 3. The molecule has 0 aromatic heterocycles. The number of aryl methyl sites for hydroxylation is 1. The highest BCUT2D eigenvalue weighted by Crippen LogP contribution is 2.24. The molecular weight excluding hydrogens is 399 g/mol. The van der Waals surface area contributed by atoms with Crippen molar-refractivity contribution in [3.05, 3.63) is 57.8 Å². The molecule has 1 amide bonds. The molecule has 2 aromatic carbocycles. The third-order valence-electron chi connectivity index (χ3n) is 3.41. The Kier molecular flexibility index (Phi) is 5.42. The van der Waals surface area contributed by atoms with E-state index in [1.807, 2.05) is 0 Å². The monoisotopic (exact) mass is 414 g/mol. The van der Waals surface area contributed by atoms with Gasteiger partial charge in [-0.3, -0.25) is 4.79 Å². The van der Waals surface area contributed by atoms with Crippen LogP contribution in [-0.4, -0.2) is 32.7 Å². The number of hydrogen-bond donors (Lipinski definition) is 1. The molecule has 128 valence electrons. The smallest absolute Gasteiger partial charge is 0.256 e.